The van der Waals surface area contributed by atoms with Crippen LogP contribution in [0.15, 0.2) is 60.8 Å². The lowest BCUT2D eigenvalue weighted by Crippen LogP contribution is -2.36. The minimum Gasteiger partial charge on any atom is -0.425 e. The first-order valence-corrected chi connectivity index (χ1v) is 6.81. The van der Waals surface area contributed by atoms with Crippen LogP contribution in [-0.4, -0.2) is 17.0 Å². The molecule has 0 bridgehead atoms. The first-order chi connectivity index (χ1) is 10.2. The molecule has 0 saturated carbocycles. The van der Waals surface area contributed by atoms with Gasteiger partial charge >= 0.3 is 5.97 Å². The summed E-state index contributed by atoms with van der Waals surface area (Å²) in [7, 11) is 0. The van der Waals surface area contributed by atoms with Crippen molar-refractivity contribution in [3.63, 3.8) is 0 Å². The Morgan fingerprint density at radius 1 is 1.04 bits per heavy atom. The Morgan fingerprint density at radius 3 is 2.52 bits per heavy atom. The lowest BCUT2D eigenvalue weighted by molar-refractivity contribution is -0.135. The number of carbonyl (C=O) groups excluding carboxylic acids is 1. The van der Waals surface area contributed by atoms with Gasteiger partial charge in [0.1, 0.15) is 11.8 Å². The van der Waals surface area contributed by atoms with E-state index in [-0.39, 0.29) is 24.8 Å². The molecule has 1 aromatic heterocycles. The Balaban J connectivity index is 0.00000132. The summed E-state index contributed by atoms with van der Waals surface area (Å²) in [6.07, 6.45) is 2.27. The SMILES string of the molecule is Cl.Cl.N[C@@H](Cc1ccccc1)C(=O)Oc1cccc2[nH]ccc12. The van der Waals surface area contributed by atoms with Gasteiger partial charge in [-0.05, 0) is 30.2 Å². The van der Waals surface area contributed by atoms with Gasteiger partial charge in [0.25, 0.3) is 0 Å². The molecule has 1 heterocycles. The van der Waals surface area contributed by atoms with E-state index in [1.54, 1.807) is 6.07 Å². The molecule has 0 aliphatic rings. The molecule has 0 unspecified atom stereocenters. The molecule has 4 nitrogen and oxygen atoms in total. The number of esters is 1. The maximum Gasteiger partial charge on any atom is 0.328 e. The second-order valence-electron chi connectivity index (χ2n) is 4.91. The van der Waals surface area contributed by atoms with Gasteiger partial charge in [0.15, 0.2) is 0 Å². The van der Waals surface area contributed by atoms with E-state index in [4.69, 9.17) is 10.5 Å². The number of aromatic amines is 1. The lowest BCUT2D eigenvalue weighted by Gasteiger charge is -2.12. The number of hydrogen-bond acceptors (Lipinski definition) is 3. The molecule has 0 aliphatic heterocycles. The molecule has 3 N–H and O–H groups in total. The lowest BCUT2D eigenvalue weighted by atomic mass is 10.1. The number of ether oxygens (including phenoxy) is 1. The fraction of sp³-hybridized carbons (Fsp3) is 0.118. The second kappa shape index (κ2) is 8.58. The maximum absolute atomic E-state index is 12.1. The second-order valence-corrected chi connectivity index (χ2v) is 4.91. The van der Waals surface area contributed by atoms with Crippen LogP contribution in [0.2, 0.25) is 0 Å². The van der Waals surface area contributed by atoms with Gasteiger partial charge in [-0.15, -0.1) is 24.8 Å². The smallest absolute Gasteiger partial charge is 0.328 e. The largest absolute Gasteiger partial charge is 0.425 e. The number of rotatable bonds is 4. The molecule has 3 rings (SSSR count). The van der Waals surface area contributed by atoms with E-state index in [1.165, 1.54) is 0 Å². The van der Waals surface area contributed by atoms with E-state index in [9.17, 15) is 4.79 Å². The van der Waals surface area contributed by atoms with Gasteiger partial charge in [0.05, 0.1) is 0 Å². The predicted octanol–water partition coefficient (Wildman–Crippen LogP) is 3.49. The molecule has 3 aromatic rings. The number of aromatic nitrogens is 1. The summed E-state index contributed by atoms with van der Waals surface area (Å²) < 4.78 is 5.44. The van der Waals surface area contributed by atoms with E-state index >= 15 is 0 Å². The summed E-state index contributed by atoms with van der Waals surface area (Å²) in [5, 5.41) is 0.873. The minimum atomic E-state index is -0.679. The number of fused-ring (bicyclic) bond motifs is 1. The standard InChI is InChI=1S/C17H16N2O2.2ClH/c18-14(11-12-5-2-1-3-6-12)17(20)21-16-8-4-7-15-13(16)9-10-19-15;;/h1-10,14,19H,11,18H2;2*1H/t14-;;/m0../s1. The number of halogens is 2. The average molecular weight is 353 g/mol. The Labute approximate surface area is 146 Å². The van der Waals surface area contributed by atoms with E-state index in [0.29, 0.717) is 12.2 Å². The summed E-state index contributed by atoms with van der Waals surface area (Å²) in [5.74, 6) is 0.106. The molecule has 2 aromatic carbocycles. The molecule has 1 atom stereocenters. The highest BCUT2D eigenvalue weighted by molar-refractivity contribution is 5.89. The van der Waals surface area contributed by atoms with Crippen molar-refractivity contribution >= 4 is 41.7 Å². The quantitative estimate of drug-likeness (QED) is 0.557. The third-order valence-electron chi connectivity index (χ3n) is 3.37. The molecule has 0 aliphatic carbocycles. The van der Waals surface area contributed by atoms with Crippen LogP contribution in [0.5, 0.6) is 5.75 Å². The monoisotopic (exact) mass is 352 g/mol. The van der Waals surface area contributed by atoms with Crippen LogP contribution in [0.4, 0.5) is 0 Å². The molecule has 0 spiro atoms. The van der Waals surface area contributed by atoms with Crippen molar-refractivity contribution in [2.45, 2.75) is 12.5 Å². The number of benzene rings is 2. The Hall–Kier alpha value is -2.01. The van der Waals surface area contributed by atoms with Crippen molar-refractivity contribution in [1.29, 1.82) is 0 Å². The molecule has 0 radical (unpaired) electrons. The normalized spacial score (nSPS) is 11.2. The number of H-pyrrole nitrogens is 1. The molecule has 0 fully saturated rings. The summed E-state index contributed by atoms with van der Waals surface area (Å²) in [6, 6.07) is 16.4. The van der Waals surface area contributed by atoms with Crippen LogP contribution in [0.25, 0.3) is 10.9 Å². The Bertz CT molecular complexity index is 759. The van der Waals surface area contributed by atoms with Gasteiger partial charge in [-0.3, -0.25) is 0 Å². The molecular weight excluding hydrogens is 335 g/mol. The average Bonchev–Trinajstić information content (AvgIpc) is 2.98. The van der Waals surface area contributed by atoms with E-state index in [2.05, 4.69) is 4.98 Å². The third-order valence-corrected chi connectivity index (χ3v) is 3.37. The van der Waals surface area contributed by atoms with Crippen molar-refractivity contribution in [1.82, 2.24) is 4.98 Å². The highest BCUT2D eigenvalue weighted by Crippen LogP contribution is 2.24. The van der Waals surface area contributed by atoms with Crippen LogP contribution in [0, 0.1) is 0 Å². The summed E-state index contributed by atoms with van der Waals surface area (Å²) in [4.78, 5) is 15.2. The number of nitrogens with one attached hydrogen (secondary N) is 1. The predicted molar refractivity (Wildman–Crippen MR) is 96.6 cm³/mol. The Morgan fingerprint density at radius 2 is 1.78 bits per heavy atom. The van der Waals surface area contributed by atoms with Crippen LogP contribution in [0.3, 0.4) is 0 Å². The van der Waals surface area contributed by atoms with Gasteiger partial charge in [0.2, 0.25) is 0 Å². The van der Waals surface area contributed by atoms with E-state index in [1.807, 2.05) is 54.7 Å². The van der Waals surface area contributed by atoms with Crippen LogP contribution in [0.1, 0.15) is 5.56 Å². The summed E-state index contributed by atoms with van der Waals surface area (Å²) >= 11 is 0. The van der Waals surface area contributed by atoms with Crippen LogP contribution < -0.4 is 10.5 Å². The zero-order valence-corrected chi connectivity index (χ0v) is 13.9. The fourth-order valence-corrected chi connectivity index (χ4v) is 2.28. The zero-order valence-electron chi connectivity index (χ0n) is 12.3. The number of nitrogens with two attached hydrogens (primary N) is 1. The molecule has 122 valence electrons. The highest BCUT2D eigenvalue weighted by atomic mass is 35.5. The zero-order chi connectivity index (χ0) is 14.7. The van der Waals surface area contributed by atoms with Crippen molar-refractivity contribution in [2.24, 2.45) is 5.73 Å². The first-order valence-electron chi connectivity index (χ1n) is 6.81. The molecular formula is C17H18Cl2N2O2. The molecule has 0 saturated heterocycles. The van der Waals surface area contributed by atoms with E-state index < -0.39 is 12.0 Å². The number of carbonyl (C=O) groups is 1. The fourth-order valence-electron chi connectivity index (χ4n) is 2.28. The van der Waals surface area contributed by atoms with Gasteiger partial charge in [-0.2, -0.15) is 0 Å². The van der Waals surface area contributed by atoms with Crippen molar-refractivity contribution in [3.05, 3.63) is 66.4 Å². The third kappa shape index (κ3) is 4.48. The summed E-state index contributed by atoms with van der Waals surface area (Å²) in [6.45, 7) is 0. The van der Waals surface area contributed by atoms with Crippen LogP contribution >= 0.6 is 24.8 Å². The minimum absolute atomic E-state index is 0. The first kappa shape index (κ1) is 19.0. The topological polar surface area (TPSA) is 68.1 Å². The van der Waals surface area contributed by atoms with E-state index in [0.717, 1.165) is 16.5 Å². The van der Waals surface area contributed by atoms with Crippen molar-refractivity contribution < 1.29 is 9.53 Å². The number of hydrogen-bond donors (Lipinski definition) is 2. The summed E-state index contributed by atoms with van der Waals surface area (Å²) in [5.41, 5.74) is 7.88. The van der Waals surface area contributed by atoms with Gasteiger partial charge in [-0.25, -0.2) is 4.79 Å². The molecule has 6 heteroatoms. The van der Waals surface area contributed by atoms with Crippen molar-refractivity contribution in [2.75, 3.05) is 0 Å². The van der Waals surface area contributed by atoms with Gasteiger partial charge < -0.3 is 15.5 Å². The molecule has 23 heavy (non-hydrogen) atoms. The molecule has 0 amide bonds. The van der Waals surface area contributed by atoms with Gasteiger partial charge in [0, 0.05) is 17.1 Å². The maximum atomic E-state index is 12.1. The highest BCUT2D eigenvalue weighted by Gasteiger charge is 2.17. The van der Waals surface area contributed by atoms with Gasteiger partial charge in [-0.1, -0.05) is 36.4 Å². The van der Waals surface area contributed by atoms with Crippen LogP contribution in [-0.2, 0) is 11.2 Å². The Kier molecular flexibility index (Phi) is 7.10. The van der Waals surface area contributed by atoms with Crippen molar-refractivity contribution in [3.8, 4) is 5.75 Å².